The molecule has 0 saturated carbocycles. The monoisotopic (exact) mass is 177 g/mol. The zero-order valence-corrected chi connectivity index (χ0v) is 8.73. The van der Waals surface area contributed by atoms with Gasteiger partial charge < -0.3 is 0 Å². The van der Waals surface area contributed by atoms with Gasteiger partial charge in [0.1, 0.15) is 0 Å². The summed E-state index contributed by atoms with van der Waals surface area (Å²) < 4.78 is 7.56. The summed E-state index contributed by atoms with van der Waals surface area (Å²) in [6.45, 7) is 8.96. The van der Waals surface area contributed by atoms with Crippen molar-refractivity contribution in [2.24, 2.45) is 4.69 Å². The topological polar surface area (TPSA) is 26.0 Å². The Morgan fingerprint density at radius 1 is 1.00 bits per heavy atom. The summed E-state index contributed by atoms with van der Waals surface area (Å²) in [5, 5.41) is 0. The van der Waals surface area contributed by atoms with E-state index in [0.717, 1.165) is 9.50 Å². The van der Waals surface area contributed by atoms with E-state index in [0.29, 0.717) is 0 Å². The second kappa shape index (κ2) is 3.51. The number of hydrogen-bond donors (Lipinski definition) is 1. The van der Waals surface area contributed by atoms with Gasteiger partial charge in [-0.05, 0) is 0 Å². The molecule has 0 amide bonds. The molecule has 0 heterocycles. The van der Waals surface area contributed by atoms with Gasteiger partial charge in [0.15, 0.2) is 0 Å². The van der Waals surface area contributed by atoms with Gasteiger partial charge in [-0.3, -0.25) is 0 Å². The van der Waals surface area contributed by atoms with E-state index in [1.54, 1.807) is 0 Å². The average Bonchev–Trinajstić information content (AvgIpc) is 1.64. The van der Waals surface area contributed by atoms with Crippen molar-refractivity contribution in [1.82, 2.24) is 0 Å². The molecule has 0 spiro atoms. The molecule has 0 radical (unpaired) electrons. The first-order valence-electron chi connectivity index (χ1n) is 3.31. The maximum atomic E-state index is 5.95. The van der Waals surface area contributed by atoms with Crippen molar-refractivity contribution in [3.63, 3.8) is 0 Å². The predicted molar refractivity (Wildman–Crippen MR) is 41.5 cm³/mol. The quantitative estimate of drug-likeness (QED) is 0.633. The molecule has 2 N–H and O–H groups in total. The number of rotatable bonds is 2. The third-order valence-corrected chi connectivity index (χ3v) is 8.00. The molecular formula is C6H17GeN. The fraction of sp³-hybridized carbons (Fsp3) is 1.00. The molecule has 50 valence electrons. The molecule has 0 aromatic carbocycles. The minimum atomic E-state index is -1.28. The molecule has 8 heavy (non-hydrogen) atoms. The number of nitrogens with two attached hydrogens (primary N) is 1. The van der Waals surface area contributed by atoms with Crippen LogP contribution in [0.25, 0.3) is 0 Å². The molecule has 2 heteroatoms. The van der Waals surface area contributed by atoms with Gasteiger partial charge in [0.05, 0.1) is 0 Å². The molecule has 0 aliphatic heterocycles. The molecule has 0 bridgehead atoms. The molecular weight excluding hydrogens is 159 g/mol. The van der Waals surface area contributed by atoms with Crippen LogP contribution < -0.4 is 4.69 Å². The first-order chi connectivity index (χ1) is 3.55. The Hall–Kier alpha value is 0.503. The molecule has 0 atom stereocenters. The van der Waals surface area contributed by atoms with Crippen LogP contribution in [0.15, 0.2) is 0 Å². The first kappa shape index (κ1) is 8.50. The number of hydrogen-bond acceptors (Lipinski definition) is 1. The second-order valence-corrected chi connectivity index (χ2v) is 11.1. The molecule has 0 aromatic heterocycles. The van der Waals surface area contributed by atoms with Gasteiger partial charge in [-0.15, -0.1) is 0 Å². The fourth-order valence-electron chi connectivity index (χ4n) is 0.770. The summed E-state index contributed by atoms with van der Waals surface area (Å²) in [5.41, 5.74) is 0. The molecule has 0 aliphatic carbocycles. The standard InChI is InChI=1S/C6H17GeN/c1-5(2)7(8)6(3)4/h5-7H,8H2,1-4H3. The molecule has 1 nitrogen and oxygen atoms in total. The average molecular weight is 176 g/mol. The SMILES string of the molecule is C[CH](C)[GeH]([NH2])[CH](C)C. The van der Waals surface area contributed by atoms with E-state index in [9.17, 15) is 0 Å². The van der Waals surface area contributed by atoms with E-state index in [1.807, 2.05) is 0 Å². The van der Waals surface area contributed by atoms with Crippen LogP contribution in [-0.2, 0) is 0 Å². The molecule has 0 aromatic rings. The minimum absolute atomic E-state index is 0.808. The van der Waals surface area contributed by atoms with Crippen molar-refractivity contribution >= 4 is 14.6 Å². The predicted octanol–water partition coefficient (Wildman–Crippen LogP) is 1.49. The van der Waals surface area contributed by atoms with Gasteiger partial charge in [-0.2, -0.15) is 0 Å². The van der Waals surface area contributed by atoms with Crippen LogP contribution in [0, 0.1) is 0 Å². The van der Waals surface area contributed by atoms with Crippen molar-refractivity contribution in [1.29, 1.82) is 0 Å². The Kier molecular flexibility index (Phi) is 3.73. The first-order valence-corrected chi connectivity index (χ1v) is 7.51. The van der Waals surface area contributed by atoms with Crippen LogP contribution in [-0.4, -0.2) is 14.6 Å². The Bertz CT molecular complexity index is 53.5. The molecule has 0 rings (SSSR count). The van der Waals surface area contributed by atoms with Crippen molar-refractivity contribution < 1.29 is 0 Å². The second-order valence-electron chi connectivity index (χ2n) is 3.07. The van der Waals surface area contributed by atoms with Crippen LogP contribution in [0.4, 0.5) is 0 Å². The van der Waals surface area contributed by atoms with Gasteiger partial charge in [0.25, 0.3) is 0 Å². The van der Waals surface area contributed by atoms with E-state index in [2.05, 4.69) is 27.7 Å². The van der Waals surface area contributed by atoms with Crippen LogP contribution in [0.5, 0.6) is 0 Å². The van der Waals surface area contributed by atoms with Crippen molar-refractivity contribution in [3.8, 4) is 0 Å². The molecule has 0 unspecified atom stereocenters. The van der Waals surface area contributed by atoms with E-state index in [1.165, 1.54) is 0 Å². The van der Waals surface area contributed by atoms with Crippen molar-refractivity contribution in [3.05, 3.63) is 0 Å². The van der Waals surface area contributed by atoms with Crippen LogP contribution in [0.1, 0.15) is 27.7 Å². The summed E-state index contributed by atoms with van der Waals surface area (Å²) >= 11 is -1.28. The third kappa shape index (κ3) is 2.72. The summed E-state index contributed by atoms with van der Waals surface area (Å²) in [7, 11) is 0. The normalized spacial score (nSPS) is 12.0. The summed E-state index contributed by atoms with van der Waals surface area (Å²) in [4.78, 5) is 0. The van der Waals surface area contributed by atoms with Crippen molar-refractivity contribution in [2.75, 3.05) is 0 Å². The van der Waals surface area contributed by atoms with Crippen LogP contribution in [0.3, 0.4) is 0 Å². The van der Waals surface area contributed by atoms with Gasteiger partial charge in [0.2, 0.25) is 0 Å². The van der Waals surface area contributed by atoms with Gasteiger partial charge >= 0.3 is 56.5 Å². The molecule has 0 saturated heterocycles. The fourth-order valence-corrected chi connectivity index (χ4v) is 4.00. The Morgan fingerprint density at radius 2 is 1.25 bits per heavy atom. The van der Waals surface area contributed by atoms with Crippen LogP contribution >= 0.6 is 0 Å². The zero-order valence-electron chi connectivity index (χ0n) is 6.31. The van der Waals surface area contributed by atoms with E-state index in [4.69, 9.17) is 4.69 Å². The van der Waals surface area contributed by atoms with Gasteiger partial charge in [0, 0.05) is 0 Å². The van der Waals surface area contributed by atoms with Crippen LogP contribution in [0.2, 0.25) is 9.50 Å². The van der Waals surface area contributed by atoms with E-state index < -0.39 is 14.6 Å². The third-order valence-electron chi connectivity index (χ3n) is 1.54. The van der Waals surface area contributed by atoms with E-state index in [-0.39, 0.29) is 0 Å². The van der Waals surface area contributed by atoms with Crippen molar-refractivity contribution in [2.45, 2.75) is 37.2 Å². The molecule has 0 aliphatic rings. The Labute approximate surface area is 57.0 Å². The molecule has 0 fully saturated rings. The summed E-state index contributed by atoms with van der Waals surface area (Å²) in [5.74, 6) is 0. The van der Waals surface area contributed by atoms with Gasteiger partial charge in [-0.1, -0.05) is 0 Å². The summed E-state index contributed by atoms with van der Waals surface area (Å²) in [6, 6.07) is 0. The van der Waals surface area contributed by atoms with Gasteiger partial charge in [-0.25, -0.2) is 0 Å². The Balaban J connectivity index is 3.46. The van der Waals surface area contributed by atoms with E-state index >= 15 is 0 Å². The summed E-state index contributed by atoms with van der Waals surface area (Å²) in [6.07, 6.45) is 0. The Morgan fingerprint density at radius 3 is 1.25 bits per heavy atom. The maximum absolute atomic E-state index is 5.95. The zero-order chi connectivity index (χ0) is 6.73.